The first-order valence-electron chi connectivity index (χ1n) is 7.09. The quantitative estimate of drug-likeness (QED) is 0.359. The maximum absolute atomic E-state index is 13.7. The first-order chi connectivity index (χ1) is 12.2. The SMILES string of the molecule is O=[N+]([O-])c1cccc(COCc2ccc(C(F)(F)O[PH](=O)O)c(Br)c2)c1. The second-order valence-corrected chi connectivity index (χ2v) is 6.71. The molecule has 1 atom stereocenters. The van der Waals surface area contributed by atoms with E-state index in [0.29, 0.717) is 11.1 Å². The van der Waals surface area contributed by atoms with E-state index in [4.69, 9.17) is 9.63 Å². The number of halogens is 3. The van der Waals surface area contributed by atoms with Gasteiger partial charge in [-0.25, -0.2) is 4.52 Å². The number of nitro groups is 1. The number of hydrogen-bond donors (Lipinski definition) is 1. The fourth-order valence-electron chi connectivity index (χ4n) is 2.10. The zero-order valence-corrected chi connectivity index (χ0v) is 15.6. The number of rotatable bonds is 8. The fraction of sp³-hybridized carbons (Fsp3) is 0.200. The van der Waals surface area contributed by atoms with E-state index in [-0.39, 0.29) is 23.4 Å². The van der Waals surface area contributed by atoms with Crippen molar-refractivity contribution < 1.29 is 32.4 Å². The van der Waals surface area contributed by atoms with Crippen LogP contribution in [-0.4, -0.2) is 9.82 Å². The number of non-ortho nitro benzene ring substituents is 1. The van der Waals surface area contributed by atoms with Crippen molar-refractivity contribution in [3.63, 3.8) is 0 Å². The molecule has 2 aromatic carbocycles. The lowest BCUT2D eigenvalue weighted by atomic mass is 10.1. The van der Waals surface area contributed by atoms with Crippen molar-refractivity contribution in [2.45, 2.75) is 19.3 Å². The molecule has 0 saturated heterocycles. The Morgan fingerprint density at radius 1 is 1.19 bits per heavy atom. The van der Waals surface area contributed by atoms with Gasteiger partial charge in [0.1, 0.15) is 0 Å². The molecule has 0 aliphatic carbocycles. The number of benzene rings is 2. The van der Waals surface area contributed by atoms with Gasteiger partial charge in [0.25, 0.3) is 5.69 Å². The Balaban J connectivity index is 2.01. The number of hydrogen-bond acceptors (Lipinski definition) is 5. The number of ether oxygens (including phenoxy) is 1. The summed E-state index contributed by atoms with van der Waals surface area (Å²) >= 11 is 2.97. The molecule has 0 aliphatic rings. The molecule has 11 heteroatoms. The Morgan fingerprint density at radius 3 is 2.42 bits per heavy atom. The van der Waals surface area contributed by atoms with E-state index in [1.54, 1.807) is 6.07 Å². The van der Waals surface area contributed by atoms with Crippen LogP contribution in [-0.2, 0) is 33.1 Å². The van der Waals surface area contributed by atoms with E-state index < -0.39 is 24.9 Å². The van der Waals surface area contributed by atoms with E-state index in [1.165, 1.54) is 30.3 Å². The average molecular weight is 452 g/mol. The van der Waals surface area contributed by atoms with Crippen LogP contribution in [0.4, 0.5) is 14.5 Å². The highest BCUT2D eigenvalue weighted by Crippen LogP contribution is 2.41. The molecule has 0 heterocycles. The second-order valence-electron chi connectivity index (χ2n) is 5.12. The molecular weight excluding hydrogens is 439 g/mol. The topological polar surface area (TPSA) is 98.9 Å². The van der Waals surface area contributed by atoms with Crippen LogP contribution in [0.2, 0.25) is 0 Å². The molecule has 0 saturated carbocycles. The molecule has 2 aromatic rings. The zero-order chi connectivity index (χ0) is 19.3. The smallest absolute Gasteiger partial charge is 0.372 e. The Hall–Kier alpha value is -1.71. The highest BCUT2D eigenvalue weighted by molar-refractivity contribution is 9.10. The van der Waals surface area contributed by atoms with Crippen LogP contribution >= 0.6 is 24.2 Å². The largest absolute Gasteiger partial charge is 0.390 e. The minimum Gasteiger partial charge on any atom is -0.372 e. The lowest BCUT2D eigenvalue weighted by Crippen LogP contribution is -2.15. The summed E-state index contributed by atoms with van der Waals surface area (Å²) in [6, 6.07) is 9.74. The van der Waals surface area contributed by atoms with Gasteiger partial charge in [0, 0.05) is 16.6 Å². The van der Waals surface area contributed by atoms with Crippen LogP contribution in [0.15, 0.2) is 46.9 Å². The summed E-state index contributed by atoms with van der Waals surface area (Å²) in [5, 5.41) is 10.7. The van der Waals surface area contributed by atoms with Crippen molar-refractivity contribution in [3.05, 3.63) is 73.7 Å². The van der Waals surface area contributed by atoms with E-state index in [1.807, 2.05) is 0 Å². The number of nitro benzene ring substituents is 1. The summed E-state index contributed by atoms with van der Waals surface area (Å²) < 4.78 is 47.1. The van der Waals surface area contributed by atoms with Gasteiger partial charge in [0.05, 0.1) is 23.7 Å². The first-order valence-corrected chi connectivity index (χ1v) is 9.14. The van der Waals surface area contributed by atoms with Gasteiger partial charge in [-0.1, -0.05) is 34.1 Å². The summed E-state index contributed by atoms with van der Waals surface area (Å²) in [5.41, 5.74) is 0.511. The minimum atomic E-state index is -3.91. The highest BCUT2D eigenvalue weighted by atomic mass is 79.9. The summed E-state index contributed by atoms with van der Waals surface area (Å²) in [6.45, 7) is 0.178. The van der Waals surface area contributed by atoms with Gasteiger partial charge in [0.15, 0.2) is 0 Å². The first kappa shape index (κ1) is 20.6. The van der Waals surface area contributed by atoms with Crippen LogP contribution in [0.25, 0.3) is 0 Å². The van der Waals surface area contributed by atoms with Crippen molar-refractivity contribution in [3.8, 4) is 0 Å². The third kappa shape index (κ3) is 5.65. The van der Waals surface area contributed by atoms with Crippen LogP contribution in [0.3, 0.4) is 0 Å². The van der Waals surface area contributed by atoms with Gasteiger partial charge in [-0.3, -0.25) is 14.7 Å². The van der Waals surface area contributed by atoms with Crippen LogP contribution in [0, 0.1) is 10.1 Å². The lowest BCUT2D eigenvalue weighted by Gasteiger charge is -2.17. The van der Waals surface area contributed by atoms with E-state index >= 15 is 0 Å². The van der Waals surface area contributed by atoms with Crippen molar-refractivity contribution in [2.24, 2.45) is 0 Å². The molecule has 0 radical (unpaired) electrons. The molecule has 1 N–H and O–H groups in total. The van der Waals surface area contributed by atoms with Gasteiger partial charge in [-0.05, 0) is 23.3 Å². The highest BCUT2D eigenvalue weighted by Gasteiger charge is 2.37. The molecule has 0 aromatic heterocycles. The summed E-state index contributed by atoms with van der Waals surface area (Å²) in [7, 11) is -3.81. The maximum atomic E-state index is 13.7. The Kier molecular flexibility index (Phi) is 6.96. The lowest BCUT2D eigenvalue weighted by molar-refractivity contribution is -0.385. The molecule has 0 amide bonds. The third-order valence-electron chi connectivity index (χ3n) is 3.22. The molecule has 140 valence electrons. The Morgan fingerprint density at radius 2 is 1.85 bits per heavy atom. The molecule has 2 rings (SSSR count). The van der Waals surface area contributed by atoms with Crippen molar-refractivity contribution in [1.82, 2.24) is 0 Å². The Bertz CT molecular complexity index is 836. The predicted octanol–water partition coefficient (Wildman–Crippen LogP) is 4.52. The average Bonchev–Trinajstić information content (AvgIpc) is 2.53. The fourth-order valence-corrected chi connectivity index (χ4v) is 3.08. The normalized spacial score (nSPS) is 12.8. The maximum Gasteiger partial charge on any atom is 0.390 e. The van der Waals surface area contributed by atoms with Crippen LogP contribution in [0.5, 0.6) is 0 Å². The predicted molar refractivity (Wildman–Crippen MR) is 91.9 cm³/mol. The van der Waals surface area contributed by atoms with Crippen molar-refractivity contribution in [2.75, 3.05) is 0 Å². The standard InChI is InChI=1S/C15H13BrF2NO6P/c16-14-7-11(4-5-13(14)15(17,18)25-26(22)23)9-24-8-10-2-1-3-12(6-10)19(20)21/h1-7,26H,8-9H2,(H,22,23). The van der Waals surface area contributed by atoms with Gasteiger partial charge < -0.3 is 9.63 Å². The van der Waals surface area contributed by atoms with Crippen molar-refractivity contribution >= 4 is 29.9 Å². The molecule has 0 spiro atoms. The summed E-state index contributed by atoms with van der Waals surface area (Å²) in [4.78, 5) is 18.7. The monoisotopic (exact) mass is 451 g/mol. The van der Waals surface area contributed by atoms with Crippen molar-refractivity contribution in [1.29, 1.82) is 0 Å². The van der Waals surface area contributed by atoms with E-state index in [9.17, 15) is 23.5 Å². The van der Waals surface area contributed by atoms with Gasteiger partial charge in [-0.2, -0.15) is 8.78 Å². The van der Waals surface area contributed by atoms with Gasteiger partial charge >= 0.3 is 14.4 Å². The van der Waals surface area contributed by atoms with Gasteiger partial charge in [-0.15, -0.1) is 0 Å². The molecule has 26 heavy (non-hydrogen) atoms. The summed E-state index contributed by atoms with van der Waals surface area (Å²) in [6.07, 6.45) is -3.91. The van der Waals surface area contributed by atoms with Crippen LogP contribution < -0.4 is 0 Å². The van der Waals surface area contributed by atoms with Gasteiger partial charge in [0.2, 0.25) is 0 Å². The van der Waals surface area contributed by atoms with E-state index in [2.05, 4.69) is 20.5 Å². The number of alkyl halides is 2. The molecule has 0 aliphatic heterocycles. The minimum absolute atomic E-state index is 0.0119. The second kappa shape index (κ2) is 8.79. The molecule has 0 bridgehead atoms. The molecule has 0 fully saturated rings. The molecular formula is C15H13BrF2NO6P. The summed E-state index contributed by atoms with van der Waals surface area (Å²) in [5.74, 6) is 0. The number of nitrogens with zero attached hydrogens (tertiary/aromatic N) is 1. The zero-order valence-electron chi connectivity index (χ0n) is 13.0. The molecule has 1 unspecified atom stereocenters. The Labute approximate surface area is 155 Å². The van der Waals surface area contributed by atoms with Crippen LogP contribution in [0.1, 0.15) is 16.7 Å². The third-order valence-corrected chi connectivity index (χ3v) is 4.31. The van der Waals surface area contributed by atoms with E-state index in [0.717, 1.165) is 6.07 Å². The molecule has 7 nitrogen and oxygen atoms in total.